The van der Waals surface area contributed by atoms with E-state index in [4.69, 9.17) is 17.0 Å². The van der Waals surface area contributed by atoms with Gasteiger partial charge in [-0.25, -0.2) is 0 Å². The van der Waals surface area contributed by atoms with E-state index in [9.17, 15) is 0 Å². The first kappa shape index (κ1) is 10.9. The van der Waals surface area contributed by atoms with Gasteiger partial charge >= 0.3 is 0 Å². The van der Waals surface area contributed by atoms with Gasteiger partial charge in [0.05, 0.1) is 9.78 Å². The summed E-state index contributed by atoms with van der Waals surface area (Å²) in [6.45, 7) is 0.278. The van der Waals surface area contributed by atoms with E-state index in [0.29, 0.717) is 0 Å². The van der Waals surface area contributed by atoms with Crippen LogP contribution in [0, 0.1) is 15.9 Å². The summed E-state index contributed by atoms with van der Waals surface area (Å²) in [5.41, 5.74) is 0.935. The summed E-state index contributed by atoms with van der Waals surface area (Å²) in [6.07, 6.45) is 6.67. The van der Waals surface area contributed by atoms with E-state index >= 15 is 0 Å². The molecule has 0 aliphatic rings. The largest absolute Gasteiger partial charge is 0.480 e. The molecule has 0 amide bonds. The van der Waals surface area contributed by atoms with Crippen LogP contribution in [0.15, 0.2) is 23.3 Å². The Morgan fingerprint density at radius 2 is 2.43 bits per heavy atom. The van der Waals surface area contributed by atoms with E-state index < -0.39 is 0 Å². The zero-order valence-electron chi connectivity index (χ0n) is 7.40. The van der Waals surface area contributed by atoms with E-state index in [1.54, 1.807) is 6.21 Å². The molecule has 0 heterocycles. The Bertz CT molecular complexity index is 382. The minimum absolute atomic E-state index is 0.278. The Labute approximate surface area is 96.5 Å². The van der Waals surface area contributed by atoms with Gasteiger partial charge in [-0.05, 0) is 46.4 Å². The maximum Gasteiger partial charge on any atom is 0.148 e. The molecule has 0 unspecified atom stereocenters. The SMILES string of the molecule is C#CCOc1ccc(C=NN)cc1I. The molecule has 0 aromatic heterocycles. The van der Waals surface area contributed by atoms with Gasteiger partial charge in [0.15, 0.2) is 0 Å². The molecule has 0 spiro atoms. The van der Waals surface area contributed by atoms with Crippen molar-refractivity contribution < 1.29 is 4.74 Å². The normalized spacial score (nSPS) is 10.0. The van der Waals surface area contributed by atoms with Crippen LogP contribution in [-0.2, 0) is 0 Å². The number of nitrogens with zero attached hydrogens (tertiary/aromatic N) is 1. The number of hydrogen-bond donors (Lipinski definition) is 1. The molecule has 14 heavy (non-hydrogen) atoms. The summed E-state index contributed by atoms with van der Waals surface area (Å²) >= 11 is 2.17. The molecule has 1 aromatic carbocycles. The third-order valence-corrected chi connectivity index (χ3v) is 2.33. The van der Waals surface area contributed by atoms with Gasteiger partial charge in [-0.15, -0.1) is 6.42 Å². The van der Waals surface area contributed by atoms with Crippen LogP contribution < -0.4 is 10.6 Å². The summed E-state index contributed by atoms with van der Waals surface area (Å²) in [5, 5.41) is 3.44. The smallest absolute Gasteiger partial charge is 0.148 e. The number of hydrazone groups is 1. The second-order valence-electron chi connectivity index (χ2n) is 2.46. The number of ether oxygens (including phenoxy) is 1. The predicted octanol–water partition coefficient (Wildman–Crippen LogP) is 1.60. The fourth-order valence-electron chi connectivity index (χ4n) is 0.920. The van der Waals surface area contributed by atoms with Crippen molar-refractivity contribution in [3.63, 3.8) is 0 Å². The lowest BCUT2D eigenvalue weighted by Gasteiger charge is -2.05. The topological polar surface area (TPSA) is 47.6 Å². The van der Waals surface area contributed by atoms with E-state index in [1.807, 2.05) is 18.2 Å². The maximum absolute atomic E-state index is 5.30. The van der Waals surface area contributed by atoms with Crippen LogP contribution in [0.1, 0.15) is 5.56 Å². The third-order valence-electron chi connectivity index (χ3n) is 1.49. The molecule has 1 rings (SSSR count). The average Bonchev–Trinajstić information content (AvgIpc) is 2.17. The van der Waals surface area contributed by atoms with Crippen molar-refractivity contribution in [1.82, 2.24) is 0 Å². The maximum atomic E-state index is 5.30. The molecule has 2 N–H and O–H groups in total. The molecule has 0 saturated carbocycles. The van der Waals surface area contributed by atoms with Gasteiger partial charge in [-0.3, -0.25) is 0 Å². The molecule has 3 nitrogen and oxygen atoms in total. The molecular weight excluding hydrogens is 291 g/mol. The lowest BCUT2D eigenvalue weighted by Crippen LogP contribution is -1.96. The van der Waals surface area contributed by atoms with Crippen molar-refractivity contribution in [2.75, 3.05) is 6.61 Å². The number of nitrogens with two attached hydrogens (primary N) is 1. The highest BCUT2D eigenvalue weighted by Crippen LogP contribution is 2.21. The van der Waals surface area contributed by atoms with Crippen molar-refractivity contribution in [1.29, 1.82) is 0 Å². The second-order valence-corrected chi connectivity index (χ2v) is 3.62. The summed E-state index contributed by atoms with van der Waals surface area (Å²) in [4.78, 5) is 0. The predicted molar refractivity (Wildman–Crippen MR) is 65.3 cm³/mol. The van der Waals surface area contributed by atoms with Gasteiger partial charge in [0, 0.05) is 0 Å². The summed E-state index contributed by atoms with van der Waals surface area (Å²) in [5.74, 6) is 8.23. The molecule has 0 radical (unpaired) electrons. The molecule has 72 valence electrons. The molecular formula is C10H9IN2O. The Morgan fingerprint density at radius 1 is 1.64 bits per heavy atom. The molecule has 1 aromatic rings. The highest BCUT2D eigenvalue weighted by Gasteiger charge is 2.00. The van der Waals surface area contributed by atoms with Crippen LogP contribution in [0.25, 0.3) is 0 Å². The highest BCUT2D eigenvalue weighted by atomic mass is 127. The number of terminal acetylenes is 1. The standard InChI is InChI=1S/C10H9IN2O/c1-2-5-14-10-4-3-8(7-13-12)6-9(10)11/h1,3-4,6-7H,5,12H2. The van der Waals surface area contributed by atoms with Gasteiger partial charge in [0.1, 0.15) is 12.4 Å². The van der Waals surface area contributed by atoms with E-state index in [2.05, 4.69) is 33.6 Å². The van der Waals surface area contributed by atoms with Gasteiger partial charge in [0.2, 0.25) is 0 Å². The van der Waals surface area contributed by atoms with Crippen LogP contribution in [0.4, 0.5) is 0 Å². The Kier molecular flexibility index (Phi) is 4.26. The van der Waals surface area contributed by atoms with Crippen LogP contribution in [0.2, 0.25) is 0 Å². The molecule has 0 atom stereocenters. The average molecular weight is 300 g/mol. The highest BCUT2D eigenvalue weighted by molar-refractivity contribution is 14.1. The number of hydrogen-bond acceptors (Lipinski definition) is 3. The second kappa shape index (κ2) is 5.50. The first-order valence-electron chi connectivity index (χ1n) is 3.87. The van der Waals surface area contributed by atoms with Crippen LogP contribution in [0.5, 0.6) is 5.75 Å². The van der Waals surface area contributed by atoms with Crippen molar-refractivity contribution >= 4 is 28.8 Å². The first-order chi connectivity index (χ1) is 6.77. The number of halogens is 1. The molecule has 0 fully saturated rings. The van der Waals surface area contributed by atoms with Gasteiger partial charge in [-0.1, -0.05) is 5.92 Å². The zero-order valence-corrected chi connectivity index (χ0v) is 9.56. The zero-order chi connectivity index (χ0) is 10.4. The Hall–Kier alpha value is -1.22. The van der Waals surface area contributed by atoms with Crippen molar-refractivity contribution in [3.05, 3.63) is 27.3 Å². The van der Waals surface area contributed by atoms with Gasteiger partial charge in [-0.2, -0.15) is 5.10 Å². The molecule has 4 heteroatoms. The summed E-state index contributed by atoms with van der Waals surface area (Å²) in [6, 6.07) is 5.63. The van der Waals surface area contributed by atoms with E-state index in [0.717, 1.165) is 14.9 Å². The minimum atomic E-state index is 0.278. The lowest BCUT2D eigenvalue weighted by molar-refractivity contribution is 0.368. The fraction of sp³-hybridized carbons (Fsp3) is 0.100. The van der Waals surface area contributed by atoms with Crippen molar-refractivity contribution in [2.45, 2.75) is 0 Å². The molecule has 0 aliphatic heterocycles. The fourth-order valence-corrected chi connectivity index (χ4v) is 1.62. The number of benzene rings is 1. The quantitative estimate of drug-likeness (QED) is 0.303. The Morgan fingerprint density at radius 3 is 3.00 bits per heavy atom. The monoisotopic (exact) mass is 300 g/mol. The van der Waals surface area contributed by atoms with E-state index in [1.165, 1.54) is 0 Å². The first-order valence-corrected chi connectivity index (χ1v) is 4.95. The lowest BCUT2D eigenvalue weighted by atomic mass is 10.2. The van der Waals surface area contributed by atoms with E-state index in [-0.39, 0.29) is 6.61 Å². The Balaban J connectivity index is 2.85. The van der Waals surface area contributed by atoms with Gasteiger partial charge in [0.25, 0.3) is 0 Å². The summed E-state index contributed by atoms with van der Waals surface area (Å²) < 4.78 is 6.28. The van der Waals surface area contributed by atoms with Crippen molar-refractivity contribution in [3.8, 4) is 18.1 Å². The third kappa shape index (κ3) is 2.92. The van der Waals surface area contributed by atoms with Crippen LogP contribution in [-0.4, -0.2) is 12.8 Å². The van der Waals surface area contributed by atoms with Gasteiger partial charge < -0.3 is 10.6 Å². The molecule has 0 bridgehead atoms. The van der Waals surface area contributed by atoms with Crippen LogP contribution >= 0.6 is 22.6 Å². The molecule has 0 saturated heterocycles. The minimum Gasteiger partial charge on any atom is -0.480 e. The number of rotatable bonds is 3. The van der Waals surface area contributed by atoms with Crippen molar-refractivity contribution in [2.24, 2.45) is 10.9 Å². The summed E-state index contributed by atoms with van der Waals surface area (Å²) in [7, 11) is 0. The molecule has 0 aliphatic carbocycles. The van der Waals surface area contributed by atoms with Crippen LogP contribution in [0.3, 0.4) is 0 Å².